The second-order valence-corrected chi connectivity index (χ2v) is 5.70. The normalized spacial score (nSPS) is 11.5. The molecule has 0 unspecified atom stereocenters. The van der Waals surface area contributed by atoms with Crippen LogP contribution in [0.2, 0.25) is 0 Å². The van der Waals surface area contributed by atoms with Crippen LogP contribution in [0.15, 0.2) is 48.5 Å². The third-order valence-electron chi connectivity index (χ3n) is 3.88. The van der Waals surface area contributed by atoms with Crippen molar-refractivity contribution in [1.82, 2.24) is 4.90 Å². The summed E-state index contributed by atoms with van der Waals surface area (Å²) in [5.41, 5.74) is 1.34. The van der Waals surface area contributed by atoms with Crippen molar-refractivity contribution >= 4 is 17.5 Å². The average molecular weight is 344 g/mol. The molecule has 2 aromatic rings. The van der Waals surface area contributed by atoms with Crippen LogP contribution < -0.4 is 10.1 Å². The van der Waals surface area contributed by atoms with Gasteiger partial charge in [-0.1, -0.05) is 24.3 Å². The minimum Gasteiger partial charge on any atom is -0.482 e. The van der Waals surface area contributed by atoms with Gasteiger partial charge < -0.3 is 15.0 Å². The van der Waals surface area contributed by atoms with Crippen molar-refractivity contribution in [3.63, 3.8) is 0 Å². The summed E-state index contributed by atoms with van der Waals surface area (Å²) in [6, 6.07) is 12.7. The lowest BCUT2D eigenvalue weighted by atomic mass is 10.1. The van der Waals surface area contributed by atoms with Gasteiger partial charge in [0.1, 0.15) is 11.6 Å². The predicted octanol–water partition coefficient (Wildman–Crippen LogP) is 3.38. The van der Waals surface area contributed by atoms with Gasteiger partial charge in [-0.2, -0.15) is 0 Å². The Labute approximate surface area is 146 Å². The number of ether oxygens (including phenoxy) is 1. The fourth-order valence-corrected chi connectivity index (χ4v) is 2.31. The highest BCUT2D eigenvalue weighted by Crippen LogP contribution is 2.24. The number of hydrogen-bond acceptors (Lipinski definition) is 3. The molecule has 132 valence electrons. The summed E-state index contributed by atoms with van der Waals surface area (Å²) in [6.07, 6.45) is 0. The van der Waals surface area contributed by atoms with Crippen molar-refractivity contribution in [3.05, 3.63) is 59.9 Å². The van der Waals surface area contributed by atoms with Gasteiger partial charge in [0.15, 0.2) is 6.61 Å². The van der Waals surface area contributed by atoms with E-state index in [4.69, 9.17) is 4.74 Å². The van der Waals surface area contributed by atoms with Crippen LogP contribution in [0, 0.1) is 5.82 Å². The number of hydrogen-bond donors (Lipinski definition) is 1. The summed E-state index contributed by atoms with van der Waals surface area (Å²) < 4.78 is 18.6. The lowest BCUT2D eigenvalue weighted by Gasteiger charge is -2.25. The van der Waals surface area contributed by atoms with E-state index in [9.17, 15) is 14.0 Å². The van der Waals surface area contributed by atoms with Crippen LogP contribution in [0.1, 0.15) is 25.5 Å². The number of nitrogens with one attached hydrogen (secondary N) is 1. The second-order valence-electron chi connectivity index (χ2n) is 5.70. The number of amides is 2. The van der Waals surface area contributed by atoms with Gasteiger partial charge >= 0.3 is 0 Å². The standard InChI is InChI=1S/C19H21FN2O3/c1-13(15-8-10-16(20)11-9-15)22(3)19(24)12-25-18-7-5-4-6-17(18)21-14(2)23/h4-11,13H,12H2,1-3H3,(H,21,23)/t13-/m0/s1. The number of nitrogens with zero attached hydrogens (tertiary/aromatic N) is 1. The van der Waals surface area contributed by atoms with E-state index in [1.165, 1.54) is 24.0 Å². The van der Waals surface area contributed by atoms with Gasteiger partial charge in [0.25, 0.3) is 5.91 Å². The van der Waals surface area contributed by atoms with E-state index >= 15 is 0 Å². The summed E-state index contributed by atoms with van der Waals surface area (Å²) in [6.45, 7) is 3.09. The maximum Gasteiger partial charge on any atom is 0.260 e. The van der Waals surface area contributed by atoms with Crippen molar-refractivity contribution < 1.29 is 18.7 Å². The Hall–Kier alpha value is -2.89. The number of halogens is 1. The molecule has 2 amide bonds. The van der Waals surface area contributed by atoms with Gasteiger partial charge in [0.05, 0.1) is 11.7 Å². The molecule has 6 heteroatoms. The van der Waals surface area contributed by atoms with E-state index in [0.717, 1.165) is 5.56 Å². The van der Waals surface area contributed by atoms with Gasteiger partial charge in [0, 0.05) is 14.0 Å². The monoisotopic (exact) mass is 344 g/mol. The summed E-state index contributed by atoms with van der Waals surface area (Å²) in [7, 11) is 1.67. The Kier molecular flexibility index (Phi) is 6.11. The number of carbonyl (C=O) groups excluding carboxylic acids is 2. The number of para-hydroxylation sites is 2. The largest absolute Gasteiger partial charge is 0.482 e. The van der Waals surface area contributed by atoms with Crippen LogP contribution in [0.5, 0.6) is 5.75 Å². The van der Waals surface area contributed by atoms with E-state index in [2.05, 4.69) is 5.32 Å². The van der Waals surface area contributed by atoms with Gasteiger partial charge in [-0.05, 0) is 36.8 Å². The van der Waals surface area contributed by atoms with E-state index in [-0.39, 0.29) is 30.3 Å². The van der Waals surface area contributed by atoms with Gasteiger partial charge in [-0.15, -0.1) is 0 Å². The molecular formula is C19H21FN2O3. The molecule has 25 heavy (non-hydrogen) atoms. The minimum atomic E-state index is -0.317. The van der Waals surface area contributed by atoms with Crippen molar-refractivity contribution in [2.45, 2.75) is 19.9 Å². The zero-order chi connectivity index (χ0) is 18.4. The van der Waals surface area contributed by atoms with Gasteiger partial charge in [-0.25, -0.2) is 4.39 Å². The number of benzene rings is 2. The molecule has 0 aliphatic carbocycles. The SMILES string of the molecule is CC(=O)Nc1ccccc1OCC(=O)N(C)[C@@H](C)c1ccc(F)cc1. The Morgan fingerprint density at radius 3 is 2.44 bits per heavy atom. The van der Waals surface area contributed by atoms with E-state index < -0.39 is 0 Å². The Balaban J connectivity index is 2.00. The van der Waals surface area contributed by atoms with Crippen molar-refractivity contribution in [3.8, 4) is 5.75 Å². The molecule has 0 saturated carbocycles. The number of rotatable bonds is 6. The fraction of sp³-hybridized carbons (Fsp3) is 0.263. The lowest BCUT2D eigenvalue weighted by molar-refractivity contribution is -0.134. The summed E-state index contributed by atoms with van der Waals surface area (Å²) in [5.74, 6) is -0.337. The van der Waals surface area contributed by atoms with Crippen LogP contribution in [-0.4, -0.2) is 30.4 Å². The van der Waals surface area contributed by atoms with Crippen LogP contribution in [0.25, 0.3) is 0 Å². The average Bonchev–Trinajstić information content (AvgIpc) is 2.59. The van der Waals surface area contributed by atoms with E-state index in [1.54, 1.807) is 43.4 Å². The fourth-order valence-electron chi connectivity index (χ4n) is 2.31. The Bertz CT molecular complexity index is 747. The highest BCUT2D eigenvalue weighted by Gasteiger charge is 2.18. The first-order valence-electron chi connectivity index (χ1n) is 7.89. The highest BCUT2D eigenvalue weighted by atomic mass is 19.1. The first-order valence-corrected chi connectivity index (χ1v) is 7.89. The molecule has 0 heterocycles. The first-order chi connectivity index (χ1) is 11.9. The molecule has 0 bridgehead atoms. The predicted molar refractivity (Wildman–Crippen MR) is 93.8 cm³/mol. The maximum atomic E-state index is 13.0. The van der Waals surface area contributed by atoms with Gasteiger partial charge in [0.2, 0.25) is 5.91 Å². The number of likely N-dealkylation sites (N-methyl/N-ethyl adjacent to an activating group) is 1. The number of carbonyl (C=O) groups is 2. The highest BCUT2D eigenvalue weighted by molar-refractivity contribution is 5.90. The smallest absolute Gasteiger partial charge is 0.260 e. The quantitative estimate of drug-likeness (QED) is 0.874. The van der Waals surface area contributed by atoms with Crippen LogP contribution in [-0.2, 0) is 9.59 Å². The van der Waals surface area contributed by atoms with Gasteiger partial charge in [-0.3, -0.25) is 9.59 Å². The number of anilines is 1. The second kappa shape index (κ2) is 8.28. The lowest BCUT2D eigenvalue weighted by Crippen LogP contribution is -2.33. The zero-order valence-electron chi connectivity index (χ0n) is 14.5. The van der Waals surface area contributed by atoms with Crippen molar-refractivity contribution in [2.24, 2.45) is 0 Å². The molecule has 1 N–H and O–H groups in total. The molecule has 0 radical (unpaired) electrons. The molecule has 0 aliphatic heterocycles. The molecule has 0 aromatic heterocycles. The van der Waals surface area contributed by atoms with E-state index in [0.29, 0.717) is 11.4 Å². The third-order valence-corrected chi connectivity index (χ3v) is 3.88. The topological polar surface area (TPSA) is 58.6 Å². The Morgan fingerprint density at radius 1 is 1.16 bits per heavy atom. The molecule has 5 nitrogen and oxygen atoms in total. The summed E-state index contributed by atoms with van der Waals surface area (Å²) >= 11 is 0. The molecule has 0 fully saturated rings. The van der Waals surface area contributed by atoms with Crippen LogP contribution in [0.4, 0.5) is 10.1 Å². The minimum absolute atomic E-state index is 0.168. The van der Waals surface area contributed by atoms with E-state index in [1.807, 2.05) is 6.92 Å². The van der Waals surface area contributed by atoms with Crippen molar-refractivity contribution in [2.75, 3.05) is 19.0 Å². The molecule has 0 spiro atoms. The molecule has 1 atom stereocenters. The molecule has 0 aliphatic rings. The molecule has 2 rings (SSSR count). The molecule has 0 saturated heterocycles. The van der Waals surface area contributed by atoms with Crippen molar-refractivity contribution in [1.29, 1.82) is 0 Å². The Morgan fingerprint density at radius 2 is 1.80 bits per heavy atom. The van der Waals surface area contributed by atoms with Crippen LogP contribution >= 0.6 is 0 Å². The summed E-state index contributed by atoms with van der Waals surface area (Å²) in [5, 5.41) is 2.66. The molecular weight excluding hydrogens is 323 g/mol. The summed E-state index contributed by atoms with van der Waals surface area (Å²) in [4.78, 5) is 25.1. The maximum absolute atomic E-state index is 13.0. The third kappa shape index (κ3) is 5.04. The zero-order valence-corrected chi connectivity index (χ0v) is 14.5. The first kappa shape index (κ1) is 18.4. The van der Waals surface area contributed by atoms with Crippen LogP contribution in [0.3, 0.4) is 0 Å². The molecule has 2 aromatic carbocycles.